The van der Waals surface area contributed by atoms with E-state index < -0.39 is 0 Å². The first-order valence-electron chi connectivity index (χ1n) is 5.32. The number of nitrogens with one attached hydrogen (secondary N) is 2. The Kier molecular flexibility index (Phi) is 5.97. The summed E-state index contributed by atoms with van der Waals surface area (Å²) in [5.74, 6) is 1.74. The van der Waals surface area contributed by atoms with E-state index in [2.05, 4.69) is 41.4 Å². The van der Waals surface area contributed by atoms with E-state index in [4.69, 9.17) is 5.73 Å². The number of aromatic nitrogens is 3. The van der Waals surface area contributed by atoms with Gasteiger partial charge in [0.05, 0.1) is 6.54 Å². The zero-order valence-corrected chi connectivity index (χ0v) is 13.5. The quantitative estimate of drug-likeness (QED) is 0.551. The Morgan fingerprint density at radius 2 is 2.11 bits per heavy atom. The first-order chi connectivity index (χ1) is 8.69. The van der Waals surface area contributed by atoms with Crippen LogP contribution in [0.2, 0.25) is 0 Å². The predicted octanol–water partition coefficient (Wildman–Crippen LogP) is 1.85. The number of aliphatic imine (C=N–C) groups is 1. The van der Waals surface area contributed by atoms with Gasteiger partial charge in [0.25, 0.3) is 0 Å². The molecule has 2 aromatic rings. The second-order valence-corrected chi connectivity index (χ2v) is 4.49. The van der Waals surface area contributed by atoms with Crippen molar-refractivity contribution in [2.75, 3.05) is 7.05 Å². The molecule has 0 aliphatic heterocycles. The van der Waals surface area contributed by atoms with Crippen LogP contribution in [-0.4, -0.2) is 28.2 Å². The van der Waals surface area contributed by atoms with E-state index in [0.29, 0.717) is 24.2 Å². The zero-order chi connectivity index (χ0) is 13.0. The lowest BCUT2D eigenvalue weighted by Gasteiger charge is -2.00. The van der Waals surface area contributed by atoms with Gasteiger partial charge in [0.1, 0.15) is 5.82 Å². The highest BCUT2D eigenvalue weighted by molar-refractivity contribution is 9.10. The molecule has 0 unspecified atom stereocenters. The largest absolute Gasteiger partial charge is 0.370 e. The number of nitrogens with two attached hydrogens (primary N) is 1. The van der Waals surface area contributed by atoms with Crippen molar-refractivity contribution in [1.82, 2.24) is 20.5 Å². The van der Waals surface area contributed by atoms with Gasteiger partial charge in [-0.1, -0.05) is 28.1 Å². The summed E-state index contributed by atoms with van der Waals surface area (Å²) in [5, 5.41) is 9.91. The molecule has 4 N–H and O–H groups in total. The summed E-state index contributed by atoms with van der Waals surface area (Å²) in [6, 6.07) is 7.80. The second-order valence-electron chi connectivity index (χ2n) is 3.58. The molecule has 102 valence electrons. The second kappa shape index (κ2) is 7.25. The van der Waals surface area contributed by atoms with E-state index in [0.717, 1.165) is 10.0 Å². The third-order valence-electron chi connectivity index (χ3n) is 2.31. The number of H-pyrrole nitrogens is 1. The van der Waals surface area contributed by atoms with Gasteiger partial charge in [-0.25, -0.2) is 4.98 Å². The maximum atomic E-state index is 5.53. The topological polar surface area (TPSA) is 92.0 Å². The van der Waals surface area contributed by atoms with Gasteiger partial charge in [0, 0.05) is 17.1 Å². The van der Waals surface area contributed by atoms with E-state index >= 15 is 0 Å². The van der Waals surface area contributed by atoms with Gasteiger partial charge in [-0.05, 0) is 12.1 Å². The van der Waals surface area contributed by atoms with Crippen molar-refractivity contribution in [1.29, 1.82) is 0 Å². The lowest BCUT2D eigenvalue weighted by atomic mass is 10.2. The van der Waals surface area contributed by atoms with E-state index in [1.807, 2.05) is 24.3 Å². The maximum Gasteiger partial charge on any atom is 0.188 e. The molecule has 0 fully saturated rings. The van der Waals surface area contributed by atoms with E-state index in [-0.39, 0.29) is 17.0 Å². The average molecular weight is 390 g/mol. The molecule has 0 saturated heterocycles. The normalized spacial score (nSPS) is 10.9. The van der Waals surface area contributed by atoms with E-state index in [9.17, 15) is 0 Å². The van der Waals surface area contributed by atoms with Crippen molar-refractivity contribution < 1.29 is 0 Å². The van der Waals surface area contributed by atoms with Crippen LogP contribution in [0.5, 0.6) is 0 Å². The molecule has 0 saturated carbocycles. The minimum atomic E-state index is 0. The third kappa shape index (κ3) is 4.32. The highest BCUT2D eigenvalue weighted by Gasteiger charge is 2.05. The maximum absolute atomic E-state index is 5.53. The molecule has 0 aliphatic carbocycles. The molecule has 0 radical (unpaired) electrons. The molecule has 1 heterocycles. The van der Waals surface area contributed by atoms with Crippen LogP contribution in [0.4, 0.5) is 0 Å². The van der Waals surface area contributed by atoms with Gasteiger partial charge in [-0.15, -0.1) is 17.0 Å². The summed E-state index contributed by atoms with van der Waals surface area (Å²) in [6.45, 7) is 0.465. The lowest BCUT2D eigenvalue weighted by molar-refractivity contribution is 0.823. The van der Waals surface area contributed by atoms with Gasteiger partial charge in [0.2, 0.25) is 0 Å². The fraction of sp³-hybridized carbons (Fsp3) is 0.182. The fourth-order valence-electron chi connectivity index (χ4n) is 1.36. The molecular formula is C11H14Br2N6. The summed E-state index contributed by atoms with van der Waals surface area (Å²) < 4.78 is 1.02. The number of nitrogens with zero attached hydrogens (tertiary/aromatic N) is 3. The van der Waals surface area contributed by atoms with Crippen LogP contribution >= 0.6 is 32.9 Å². The number of benzene rings is 1. The molecule has 1 aromatic carbocycles. The monoisotopic (exact) mass is 388 g/mol. The standard InChI is InChI=1S/C11H13BrN6.BrH/c1-14-11(13)15-6-9-16-10(18-17-9)7-2-4-8(12)5-3-7;/h2-5H,6H2,1H3,(H3,13,14,15)(H,16,17,18);1H. The number of rotatable bonds is 3. The Morgan fingerprint density at radius 3 is 2.74 bits per heavy atom. The fourth-order valence-corrected chi connectivity index (χ4v) is 1.62. The van der Waals surface area contributed by atoms with Gasteiger partial charge >= 0.3 is 0 Å². The molecule has 0 atom stereocenters. The molecule has 0 spiro atoms. The number of guanidine groups is 1. The van der Waals surface area contributed by atoms with Gasteiger partial charge < -0.3 is 11.1 Å². The van der Waals surface area contributed by atoms with E-state index in [1.165, 1.54) is 0 Å². The molecule has 6 nitrogen and oxygen atoms in total. The van der Waals surface area contributed by atoms with Crippen molar-refractivity contribution >= 4 is 38.9 Å². The first-order valence-corrected chi connectivity index (χ1v) is 6.11. The average Bonchev–Trinajstić information content (AvgIpc) is 2.85. The highest BCUT2D eigenvalue weighted by atomic mass is 79.9. The summed E-state index contributed by atoms with van der Waals surface area (Å²) in [6.07, 6.45) is 0. The third-order valence-corrected chi connectivity index (χ3v) is 2.84. The van der Waals surface area contributed by atoms with Crippen LogP contribution in [0.25, 0.3) is 11.4 Å². The van der Waals surface area contributed by atoms with Crippen LogP contribution < -0.4 is 11.1 Å². The Bertz CT molecular complexity index is 549. The lowest BCUT2D eigenvalue weighted by Crippen LogP contribution is -2.31. The Hall–Kier alpha value is -1.41. The van der Waals surface area contributed by atoms with Crippen molar-refractivity contribution in [3.63, 3.8) is 0 Å². The number of hydrogen-bond donors (Lipinski definition) is 3. The Balaban J connectivity index is 0.00000180. The van der Waals surface area contributed by atoms with Crippen LogP contribution in [0, 0.1) is 0 Å². The van der Waals surface area contributed by atoms with Crippen molar-refractivity contribution in [3.8, 4) is 11.4 Å². The van der Waals surface area contributed by atoms with E-state index in [1.54, 1.807) is 7.05 Å². The summed E-state index contributed by atoms with van der Waals surface area (Å²) in [5.41, 5.74) is 6.48. The van der Waals surface area contributed by atoms with Gasteiger partial charge in [-0.2, -0.15) is 5.10 Å². The molecule has 1 aromatic heterocycles. The van der Waals surface area contributed by atoms with Gasteiger partial charge in [-0.3, -0.25) is 10.1 Å². The molecule has 19 heavy (non-hydrogen) atoms. The van der Waals surface area contributed by atoms with Crippen molar-refractivity contribution in [2.45, 2.75) is 6.54 Å². The van der Waals surface area contributed by atoms with Crippen LogP contribution in [0.15, 0.2) is 33.7 Å². The molecular weight excluding hydrogens is 376 g/mol. The smallest absolute Gasteiger partial charge is 0.188 e. The van der Waals surface area contributed by atoms with Crippen molar-refractivity contribution in [2.24, 2.45) is 10.7 Å². The summed E-state index contributed by atoms with van der Waals surface area (Å²) in [7, 11) is 1.62. The molecule has 0 bridgehead atoms. The minimum absolute atomic E-state index is 0. The molecule has 8 heteroatoms. The van der Waals surface area contributed by atoms with Crippen LogP contribution in [0.1, 0.15) is 5.82 Å². The summed E-state index contributed by atoms with van der Waals surface area (Å²) in [4.78, 5) is 8.16. The molecule has 0 amide bonds. The highest BCUT2D eigenvalue weighted by Crippen LogP contribution is 2.17. The predicted molar refractivity (Wildman–Crippen MR) is 84.2 cm³/mol. The molecule has 0 aliphatic rings. The SMILES string of the molecule is Br.CN=C(N)NCc1nc(-c2ccc(Br)cc2)n[nH]1. The first kappa shape index (κ1) is 15.6. The van der Waals surface area contributed by atoms with Gasteiger partial charge in [0.15, 0.2) is 11.8 Å². The van der Waals surface area contributed by atoms with Crippen LogP contribution in [0.3, 0.4) is 0 Å². The number of halogens is 2. The zero-order valence-electron chi connectivity index (χ0n) is 10.2. The van der Waals surface area contributed by atoms with Crippen LogP contribution in [-0.2, 0) is 6.54 Å². The number of aromatic amines is 1. The molecule has 2 rings (SSSR count). The summed E-state index contributed by atoms with van der Waals surface area (Å²) >= 11 is 3.39. The minimum Gasteiger partial charge on any atom is -0.370 e. The Labute approximate surface area is 129 Å². The number of hydrogen-bond acceptors (Lipinski definition) is 3. The Morgan fingerprint density at radius 1 is 1.42 bits per heavy atom. The van der Waals surface area contributed by atoms with Crippen molar-refractivity contribution in [3.05, 3.63) is 34.6 Å².